The first-order valence-electron chi connectivity index (χ1n) is 7.84. The number of hydrogen-bond acceptors (Lipinski definition) is 3. The molecule has 1 aromatic carbocycles. The molecule has 1 fully saturated rings. The Kier molecular flexibility index (Phi) is 5.62. The van der Waals surface area contributed by atoms with E-state index >= 15 is 0 Å². The summed E-state index contributed by atoms with van der Waals surface area (Å²) in [7, 11) is 1.96. The zero-order valence-electron chi connectivity index (χ0n) is 13.3. The van der Waals surface area contributed by atoms with E-state index in [2.05, 4.69) is 12.2 Å². The summed E-state index contributed by atoms with van der Waals surface area (Å²) in [5.41, 5.74) is 0.747. The first kappa shape index (κ1) is 15.8. The lowest BCUT2D eigenvalue weighted by molar-refractivity contribution is 0.0787. The van der Waals surface area contributed by atoms with Gasteiger partial charge in [0, 0.05) is 18.7 Å². The molecule has 0 bridgehead atoms. The van der Waals surface area contributed by atoms with Gasteiger partial charge in [0.2, 0.25) is 0 Å². The van der Waals surface area contributed by atoms with Crippen molar-refractivity contribution in [2.75, 3.05) is 26.7 Å². The van der Waals surface area contributed by atoms with Gasteiger partial charge in [-0.1, -0.05) is 6.92 Å². The quantitative estimate of drug-likeness (QED) is 0.875. The van der Waals surface area contributed by atoms with Crippen LogP contribution in [-0.2, 0) is 0 Å². The first-order valence-corrected chi connectivity index (χ1v) is 7.84. The molecule has 1 heterocycles. The molecule has 1 aliphatic heterocycles. The van der Waals surface area contributed by atoms with E-state index in [9.17, 15) is 4.79 Å². The van der Waals surface area contributed by atoms with Crippen molar-refractivity contribution < 1.29 is 9.53 Å². The number of nitrogens with zero attached hydrogens (tertiary/aromatic N) is 1. The summed E-state index contributed by atoms with van der Waals surface area (Å²) in [5, 5.41) is 3.19. The largest absolute Gasteiger partial charge is 0.491 e. The van der Waals surface area contributed by atoms with Crippen LogP contribution in [0.15, 0.2) is 24.3 Å². The molecule has 0 spiro atoms. The third kappa shape index (κ3) is 4.21. The maximum absolute atomic E-state index is 12.5. The Hall–Kier alpha value is -1.55. The molecule has 21 heavy (non-hydrogen) atoms. The molecule has 4 nitrogen and oxygen atoms in total. The fraction of sp³-hybridized carbons (Fsp3) is 0.588. The minimum atomic E-state index is 0.128. The van der Waals surface area contributed by atoms with Crippen molar-refractivity contribution in [2.24, 2.45) is 5.92 Å². The Morgan fingerprint density at radius 2 is 2.14 bits per heavy atom. The molecule has 4 heteroatoms. The zero-order chi connectivity index (χ0) is 15.2. The van der Waals surface area contributed by atoms with Crippen LogP contribution in [-0.4, -0.2) is 43.6 Å². The van der Waals surface area contributed by atoms with Gasteiger partial charge in [0.15, 0.2) is 0 Å². The van der Waals surface area contributed by atoms with Crippen molar-refractivity contribution in [1.82, 2.24) is 10.2 Å². The maximum atomic E-state index is 12.5. The molecule has 0 aromatic heterocycles. The highest BCUT2D eigenvalue weighted by Crippen LogP contribution is 2.20. The van der Waals surface area contributed by atoms with Crippen molar-refractivity contribution in [1.29, 1.82) is 0 Å². The third-order valence-electron chi connectivity index (χ3n) is 4.08. The lowest BCUT2D eigenvalue weighted by Gasteiger charge is -2.17. The van der Waals surface area contributed by atoms with Crippen LogP contribution in [0.4, 0.5) is 0 Å². The van der Waals surface area contributed by atoms with Gasteiger partial charge in [0.1, 0.15) is 5.75 Å². The van der Waals surface area contributed by atoms with Gasteiger partial charge in [-0.2, -0.15) is 0 Å². The molecule has 2 rings (SSSR count). The van der Waals surface area contributed by atoms with E-state index in [0.717, 1.165) is 43.8 Å². The van der Waals surface area contributed by atoms with Crippen LogP contribution in [0.5, 0.6) is 5.75 Å². The number of carbonyl (C=O) groups is 1. The minimum Gasteiger partial charge on any atom is -0.491 e. The number of amides is 1. The second kappa shape index (κ2) is 7.46. The summed E-state index contributed by atoms with van der Waals surface area (Å²) in [6.07, 6.45) is 2.26. The van der Waals surface area contributed by atoms with Gasteiger partial charge < -0.3 is 15.0 Å². The van der Waals surface area contributed by atoms with Gasteiger partial charge >= 0.3 is 0 Å². The molecule has 2 atom stereocenters. The van der Waals surface area contributed by atoms with Gasteiger partial charge in [-0.3, -0.25) is 4.79 Å². The van der Waals surface area contributed by atoms with Crippen LogP contribution in [0.2, 0.25) is 0 Å². The molecule has 1 aliphatic rings. The SMILES string of the molecule is CCC(C)Oc1ccc(C(=O)N2CCC(CNC)C2)cc1. The van der Waals surface area contributed by atoms with E-state index in [1.165, 1.54) is 0 Å². The lowest BCUT2D eigenvalue weighted by Crippen LogP contribution is -2.30. The topological polar surface area (TPSA) is 41.6 Å². The van der Waals surface area contributed by atoms with E-state index < -0.39 is 0 Å². The Bertz CT molecular complexity index is 458. The fourth-order valence-electron chi connectivity index (χ4n) is 2.65. The molecule has 1 amide bonds. The molecule has 1 aromatic rings. The zero-order valence-corrected chi connectivity index (χ0v) is 13.3. The average Bonchev–Trinajstić information content (AvgIpc) is 2.96. The molecule has 1 saturated heterocycles. The van der Waals surface area contributed by atoms with Crippen molar-refractivity contribution in [3.05, 3.63) is 29.8 Å². The van der Waals surface area contributed by atoms with Crippen molar-refractivity contribution >= 4 is 5.91 Å². The average molecular weight is 290 g/mol. The van der Waals surface area contributed by atoms with E-state index in [0.29, 0.717) is 5.92 Å². The van der Waals surface area contributed by atoms with E-state index in [4.69, 9.17) is 4.74 Å². The Balaban J connectivity index is 1.94. The highest BCUT2D eigenvalue weighted by atomic mass is 16.5. The van der Waals surface area contributed by atoms with Gasteiger partial charge in [0.25, 0.3) is 5.91 Å². The van der Waals surface area contributed by atoms with Gasteiger partial charge in [-0.25, -0.2) is 0 Å². The predicted octanol–water partition coefficient (Wildman–Crippen LogP) is 2.55. The minimum absolute atomic E-state index is 0.128. The number of hydrogen-bond donors (Lipinski definition) is 1. The van der Waals surface area contributed by atoms with Crippen molar-refractivity contribution in [3.8, 4) is 5.75 Å². The predicted molar refractivity (Wildman–Crippen MR) is 84.8 cm³/mol. The fourth-order valence-corrected chi connectivity index (χ4v) is 2.65. The number of likely N-dealkylation sites (tertiary alicyclic amines) is 1. The van der Waals surface area contributed by atoms with Crippen LogP contribution in [0.25, 0.3) is 0 Å². The lowest BCUT2D eigenvalue weighted by atomic mass is 10.1. The summed E-state index contributed by atoms with van der Waals surface area (Å²) in [5.74, 6) is 1.53. The smallest absolute Gasteiger partial charge is 0.253 e. The molecule has 1 N–H and O–H groups in total. The standard InChI is InChI=1S/C17H26N2O2/c1-4-13(2)21-16-7-5-15(6-8-16)17(20)19-10-9-14(12-19)11-18-3/h5-8,13-14,18H,4,9-12H2,1-3H3. The van der Waals surface area contributed by atoms with Crippen LogP contribution < -0.4 is 10.1 Å². The van der Waals surface area contributed by atoms with Gasteiger partial charge in [-0.15, -0.1) is 0 Å². The highest BCUT2D eigenvalue weighted by Gasteiger charge is 2.26. The molecular weight excluding hydrogens is 264 g/mol. The normalized spacial score (nSPS) is 19.6. The second-order valence-electron chi connectivity index (χ2n) is 5.82. The van der Waals surface area contributed by atoms with Crippen molar-refractivity contribution in [2.45, 2.75) is 32.8 Å². The molecule has 0 saturated carbocycles. The monoisotopic (exact) mass is 290 g/mol. The number of carbonyl (C=O) groups excluding carboxylic acids is 1. The molecule has 0 radical (unpaired) electrons. The first-order chi connectivity index (χ1) is 10.1. The van der Waals surface area contributed by atoms with E-state index in [1.54, 1.807) is 0 Å². The number of nitrogens with one attached hydrogen (secondary N) is 1. The molecular formula is C17H26N2O2. The van der Waals surface area contributed by atoms with E-state index in [1.807, 2.05) is 43.1 Å². The van der Waals surface area contributed by atoms with Crippen LogP contribution in [0.3, 0.4) is 0 Å². The highest BCUT2D eigenvalue weighted by molar-refractivity contribution is 5.94. The molecule has 0 aliphatic carbocycles. The Morgan fingerprint density at radius 3 is 2.76 bits per heavy atom. The summed E-state index contributed by atoms with van der Waals surface area (Å²) in [4.78, 5) is 14.4. The number of rotatable bonds is 6. The second-order valence-corrected chi connectivity index (χ2v) is 5.82. The third-order valence-corrected chi connectivity index (χ3v) is 4.08. The van der Waals surface area contributed by atoms with Gasteiger partial charge in [0.05, 0.1) is 6.10 Å². The Labute approximate surface area is 127 Å². The number of ether oxygens (including phenoxy) is 1. The summed E-state index contributed by atoms with van der Waals surface area (Å²) < 4.78 is 5.74. The van der Waals surface area contributed by atoms with Gasteiger partial charge in [-0.05, 0) is 63.5 Å². The molecule has 116 valence electrons. The number of benzene rings is 1. The Morgan fingerprint density at radius 1 is 1.43 bits per heavy atom. The summed E-state index contributed by atoms with van der Waals surface area (Å²) >= 11 is 0. The van der Waals surface area contributed by atoms with Crippen LogP contribution >= 0.6 is 0 Å². The van der Waals surface area contributed by atoms with Crippen molar-refractivity contribution in [3.63, 3.8) is 0 Å². The summed E-state index contributed by atoms with van der Waals surface area (Å²) in [6.45, 7) is 6.83. The summed E-state index contributed by atoms with van der Waals surface area (Å²) in [6, 6.07) is 7.51. The maximum Gasteiger partial charge on any atom is 0.253 e. The van der Waals surface area contributed by atoms with E-state index in [-0.39, 0.29) is 12.0 Å². The van der Waals surface area contributed by atoms with Crippen LogP contribution in [0, 0.1) is 5.92 Å². The molecule has 2 unspecified atom stereocenters. The van der Waals surface area contributed by atoms with Crippen LogP contribution in [0.1, 0.15) is 37.0 Å².